The monoisotopic (exact) mass is 636 g/mol. The largest absolute Gasteiger partial charge is 0.481 e. The summed E-state index contributed by atoms with van der Waals surface area (Å²) in [6, 6.07) is 5.86. The molecule has 42 heavy (non-hydrogen) atoms. The Hall–Kier alpha value is -2.70. The van der Waals surface area contributed by atoms with E-state index in [1.807, 2.05) is 0 Å². The number of hydrogen-bond acceptors (Lipinski definition) is 12. The highest BCUT2D eigenvalue weighted by Gasteiger charge is 2.50. The number of aliphatic hydroxyl groups is 3. The summed E-state index contributed by atoms with van der Waals surface area (Å²) in [4.78, 5) is 42.8. The van der Waals surface area contributed by atoms with Crippen LogP contribution in [0.5, 0.6) is 0 Å². The van der Waals surface area contributed by atoms with Gasteiger partial charge in [0.05, 0.1) is 25.7 Å². The van der Waals surface area contributed by atoms with Crippen molar-refractivity contribution in [1.82, 2.24) is 0 Å². The number of amides is 2. The molecule has 0 radical (unpaired) electrons. The Kier molecular flexibility index (Phi) is 9.89. The molecule has 2 saturated heterocycles. The van der Waals surface area contributed by atoms with Gasteiger partial charge in [-0.05, 0) is 12.1 Å². The first-order valence-electron chi connectivity index (χ1n) is 12.3. The molecule has 0 aromatic carbocycles. The number of phosphoric ester groups is 2. The van der Waals surface area contributed by atoms with Crippen LogP contribution in [0.3, 0.4) is 0 Å². The maximum atomic E-state index is 12.4. The third kappa shape index (κ3) is 7.82. The van der Waals surface area contributed by atoms with E-state index in [0.717, 1.165) is 0 Å². The normalized spacial score (nSPS) is 30.5. The van der Waals surface area contributed by atoms with E-state index in [1.54, 1.807) is 6.20 Å². The molecule has 2 aliphatic heterocycles. The van der Waals surface area contributed by atoms with E-state index >= 15 is 0 Å². The first-order chi connectivity index (χ1) is 19.7. The van der Waals surface area contributed by atoms with E-state index in [0.29, 0.717) is 0 Å². The maximum absolute atomic E-state index is 12.4. The molecule has 2 aromatic rings. The molecule has 230 valence electrons. The number of nitrogens with two attached hydrogens (primary N) is 2. The van der Waals surface area contributed by atoms with E-state index in [4.69, 9.17) is 25.5 Å². The smallest absolute Gasteiger partial charge is 0.390 e. The molecule has 0 spiro atoms. The number of hydrogen-bond donors (Lipinski definition) is 7. The van der Waals surface area contributed by atoms with Crippen molar-refractivity contribution in [3.05, 3.63) is 60.2 Å². The van der Waals surface area contributed by atoms with Crippen LogP contribution in [-0.4, -0.2) is 80.7 Å². The first kappa shape index (κ1) is 32.2. The highest BCUT2D eigenvalue weighted by molar-refractivity contribution is 7.61. The van der Waals surface area contributed by atoms with Crippen LogP contribution < -0.4 is 20.6 Å². The van der Waals surface area contributed by atoms with Gasteiger partial charge in [-0.15, -0.1) is 0 Å². The van der Waals surface area contributed by atoms with Crippen LogP contribution in [-0.2, 0) is 32.0 Å². The molecule has 20 heteroatoms. The molecule has 2 amide bonds. The van der Waals surface area contributed by atoms with Gasteiger partial charge in [0, 0.05) is 12.1 Å². The van der Waals surface area contributed by atoms with Gasteiger partial charge >= 0.3 is 15.6 Å². The highest BCUT2D eigenvalue weighted by atomic mass is 31.3. The predicted octanol–water partition coefficient (Wildman–Crippen LogP) is -2.32. The molecule has 9 atom stereocenters. The number of phosphoric acid groups is 2. The zero-order valence-electron chi connectivity index (χ0n) is 21.6. The summed E-state index contributed by atoms with van der Waals surface area (Å²) in [5, 5.41) is 31.0. The number of carbonyl (C=O) groups excluding carboxylic acids is 2. The number of aliphatic hydroxyl groups excluding tert-OH is 3. The zero-order valence-corrected chi connectivity index (χ0v) is 23.4. The van der Waals surface area contributed by atoms with Gasteiger partial charge in [-0.3, -0.25) is 18.6 Å². The highest BCUT2D eigenvalue weighted by Crippen LogP contribution is 2.60. The molecule has 4 heterocycles. The third-order valence-corrected chi connectivity index (χ3v) is 8.99. The lowest BCUT2D eigenvalue weighted by Gasteiger charge is -2.20. The average molecular weight is 636 g/mol. The second-order valence-corrected chi connectivity index (χ2v) is 12.4. The summed E-state index contributed by atoms with van der Waals surface area (Å²) in [6.45, 7) is -1.60. The second-order valence-electron chi connectivity index (χ2n) is 9.40. The molecule has 9 N–H and O–H groups in total. The minimum atomic E-state index is -5.31. The van der Waals surface area contributed by atoms with Gasteiger partial charge in [0.15, 0.2) is 30.9 Å². The van der Waals surface area contributed by atoms with Crippen molar-refractivity contribution < 1.29 is 75.8 Å². The Labute approximate surface area is 237 Å². The van der Waals surface area contributed by atoms with Crippen molar-refractivity contribution in [1.29, 1.82) is 0 Å². The minimum Gasteiger partial charge on any atom is -0.390 e. The molecule has 2 aliphatic rings. The van der Waals surface area contributed by atoms with E-state index in [9.17, 15) is 43.8 Å². The van der Waals surface area contributed by atoms with Crippen molar-refractivity contribution >= 4 is 27.5 Å². The van der Waals surface area contributed by atoms with E-state index in [-0.39, 0.29) is 17.5 Å². The van der Waals surface area contributed by atoms with Crippen LogP contribution in [0.1, 0.15) is 39.6 Å². The van der Waals surface area contributed by atoms with Gasteiger partial charge in [-0.2, -0.15) is 13.4 Å². The van der Waals surface area contributed by atoms with Gasteiger partial charge in [0.25, 0.3) is 24.3 Å². The lowest BCUT2D eigenvalue weighted by atomic mass is 10.1. The Morgan fingerprint density at radius 2 is 1.38 bits per heavy atom. The van der Waals surface area contributed by atoms with Crippen LogP contribution in [0.15, 0.2) is 49.1 Å². The van der Waals surface area contributed by atoms with Gasteiger partial charge < -0.3 is 46.0 Å². The molecule has 0 aliphatic carbocycles. The van der Waals surface area contributed by atoms with Crippen molar-refractivity contribution in [2.45, 2.75) is 49.4 Å². The number of aromatic nitrogens is 2. The van der Waals surface area contributed by atoms with Gasteiger partial charge in [-0.25, -0.2) is 9.13 Å². The predicted molar refractivity (Wildman–Crippen MR) is 133 cm³/mol. The molecule has 2 aromatic heterocycles. The minimum absolute atomic E-state index is 0.0147. The number of primary amides is 2. The van der Waals surface area contributed by atoms with Crippen LogP contribution in [0, 0.1) is 0 Å². The molecular weight excluding hydrogens is 606 g/mol. The number of pyridine rings is 2. The lowest BCUT2D eigenvalue weighted by molar-refractivity contribution is -0.765. The van der Waals surface area contributed by atoms with Crippen molar-refractivity contribution in [3.63, 3.8) is 0 Å². The summed E-state index contributed by atoms with van der Waals surface area (Å²) in [6.07, 6.45) is -3.32. The molecule has 4 rings (SSSR count). The number of ether oxygens (including phenoxy) is 2. The zero-order chi connectivity index (χ0) is 30.8. The number of nitrogens with zero attached hydrogens (tertiary/aromatic N) is 2. The number of carbonyl (C=O) groups is 2. The quantitative estimate of drug-likeness (QED) is 0.0952. The second kappa shape index (κ2) is 12.9. The first-order valence-corrected chi connectivity index (χ1v) is 15.3. The van der Waals surface area contributed by atoms with Crippen molar-refractivity contribution in [2.24, 2.45) is 11.5 Å². The van der Waals surface area contributed by atoms with Crippen molar-refractivity contribution in [3.8, 4) is 0 Å². The fourth-order valence-corrected chi connectivity index (χ4v) is 6.38. The van der Waals surface area contributed by atoms with E-state index < -0.39 is 83.6 Å². The molecule has 18 nitrogen and oxygen atoms in total. The summed E-state index contributed by atoms with van der Waals surface area (Å²) < 4.78 is 52.2. The summed E-state index contributed by atoms with van der Waals surface area (Å²) in [5.41, 5.74) is 10.8. The lowest BCUT2D eigenvalue weighted by Crippen LogP contribution is -2.46. The Morgan fingerprint density at radius 3 is 1.95 bits per heavy atom. The maximum Gasteiger partial charge on any atom is 0.481 e. The molecule has 2 unspecified atom stereocenters. The van der Waals surface area contributed by atoms with Crippen LogP contribution in [0.4, 0.5) is 0 Å². The molecule has 0 bridgehead atoms. The molecule has 0 saturated carbocycles. The fraction of sp³-hybridized carbons (Fsp3) is 0.455. The molecular formula is C22H30N4O14P2+2. The topological polar surface area (TPSA) is 275 Å². The van der Waals surface area contributed by atoms with Crippen molar-refractivity contribution in [2.75, 3.05) is 13.2 Å². The average Bonchev–Trinajstić information content (AvgIpc) is 3.44. The Bertz CT molecular complexity index is 1410. The fourth-order valence-electron chi connectivity index (χ4n) is 4.29. The summed E-state index contributed by atoms with van der Waals surface area (Å²) in [7, 11) is -10.6. The third-order valence-electron chi connectivity index (χ3n) is 6.39. The van der Waals surface area contributed by atoms with E-state index in [1.165, 1.54) is 52.0 Å². The van der Waals surface area contributed by atoms with Gasteiger partial charge in [-0.1, -0.05) is 0 Å². The Morgan fingerprint density at radius 1 is 0.857 bits per heavy atom. The molecule has 2 fully saturated rings. The van der Waals surface area contributed by atoms with Gasteiger partial charge in [0.1, 0.15) is 29.4 Å². The standard InChI is InChI=1S/C22H28N4O14P2/c23-20(30)12-3-1-5-25(8-12)17-7-14(27)15(38-17)10-36-41(32,33)40-42(34,35)37-11-16-18(28)19(29)22(39-16)26-6-2-4-13(9-26)21(24)31/h1-6,8-9,14-19,22,27-29H,7,10-11H2,(H4-2,23,24,30,31,32,33,34,35)/p+2/t14-,15+,16+,17-,18+,19+,22+/m0/s1. The van der Waals surface area contributed by atoms with Gasteiger partial charge in [0.2, 0.25) is 0 Å². The van der Waals surface area contributed by atoms with Crippen LogP contribution in [0.2, 0.25) is 0 Å². The van der Waals surface area contributed by atoms with Crippen LogP contribution >= 0.6 is 15.6 Å². The van der Waals surface area contributed by atoms with E-state index in [2.05, 4.69) is 8.83 Å². The Balaban J connectivity index is 1.29. The SMILES string of the molecule is NC(=O)c1ccc[n+]([C@@H]2C[C@H](O)[C@@H](COP(=O)(O)OP(=O)(O)OC[C@H]3O[C@@H]([n+]4cccc(C(N)=O)c4)[C@H](O)[C@@H]3O)O2)c1. The van der Waals surface area contributed by atoms with Crippen LogP contribution in [0.25, 0.3) is 0 Å². The summed E-state index contributed by atoms with van der Waals surface area (Å²) in [5.74, 6) is -1.44. The number of rotatable bonds is 12. The summed E-state index contributed by atoms with van der Waals surface area (Å²) >= 11 is 0.